The number of para-hydroxylation sites is 4. The van der Waals surface area contributed by atoms with Crippen molar-refractivity contribution in [2.45, 2.75) is 6.92 Å². The first kappa shape index (κ1) is 14.3. The van der Waals surface area contributed by atoms with Gasteiger partial charge in [0.1, 0.15) is 5.69 Å². The van der Waals surface area contributed by atoms with Gasteiger partial charge in [-0.05, 0) is 25.1 Å². The summed E-state index contributed by atoms with van der Waals surface area (Å²) in [6, 6.07) is 13.7. The fourth-order valence-electron chi connectivity index (χ4n) is 2.60. The van der Waals surface area contributed by atoms with E-state index in [-0.39, 0.29) is 11.4 Å². The van der Waals surface area contributed by atoms with E-state index in [4.69, 9.17) is 0 Å². The van der Waals surface area contributed by atoms with Gasteiger partial charge in [-0.2, -0.15) is 5.23 Å². The van der Waals surface area contributed by atoms with E-state index in [2.05, 4.69) is 6.58 Å². The molecule has 0 radical (unpaired) electrons. The first-order valence-corrected chi connectivity index (χ1v) is 6.73. The fourth-order valence-corrected chi connectivity index (χ4v) is 2.60. The average Bonchev–Trinajstić information content (AvgIpc) is 2.79. The van der Waals surface area contributed by atoms with Crippen LogP contribution in [0.4, 0.5) is 5.69 Å². The van der Waals surface area contributed by atoms with Crippen LogP contribution in [0.15, 0.2) is 59.9 Å². The van der Waals surface area contributed by atoms with Crippen molar-refractivity contribution in [2.24, 2.45) is 0 Å². The van der Waals surface area contributed by atoms with Crippen LogP contribution in [0.5, 0.6) is 0 Å². The summed E-state index contributed by atoms with van der Waals surface area (Å²) in [6.45, 7) is 5.57. The monoisotopic (exact) mass is 297 g/mol. The molecule has 0 spiro atoms. The van der Waals surface area contributed by atoms with Crippen molar-refractivity contribution in [1.82, 2.24) is 9.13 Å². The lowest BCUT2D eigenvalue weighted by atomic mass is 10.2. The molecule has 6 heteroatoms. The zero-order valence-corrected chi connectivity index (χ0v) is 12.0. The van der Waals surface area contributed by atoms with Crippen LogP contribution >= 0.6 is 0 Å². The number of aromatic nitrogens is 2. The SMILES string of the molecule is C=C(C)n1c(=O)n(-c2ccccc2[NH+]([O-])O)c2ccccc21. The maximum atomic E-state index is 12.8. The van der Waals surface area contributed by atoms with Gasteiger partial charge in [-0.1, -0.05) is 30.8 Å². The number of nitrogens with zero attached hydrogens (tertiary/aromatic N) is 2. The van der Waals surface area contributed by atoms with E-state index >= 15 is 0 Å². The minimum atomic E-state index is -1.07. The second-order valence-electron chi connectivity index (χ2n) is 5.00. The Bertz CT molecular complexity index is 922. The number of quaternary nitrogens is 1. The van der Waals surface area contributed by atoms with Crippen molar-refractivity contribution in [1.29, 1.82) is 0 Å². The minimum absolute atomic E-state index is 0.0780. The summed E-state index contributed by atoms with van der Waals surface area (Å²) in [4.78, 5) is 12.8. The molecule has 1 heterocycles. The van der Waals surface area contributed by atoms with Gasteiger partial charge in [0, 0.05) is 11.8 Å². The van der Waals surface area contributed by atoms with Crippen molar-refractivity contribution in [3.63, 3.8) is 0 Å². The second kappa shape index (κ2) is 5.27. The Morgan fingerprint density at radius 1 is 1.14 bits per heavy atom. The Balaban J connectivity index is 2.46. The quantitative estimate of drug-likeness (QED) is 0.722. The topological polar surface area (TPSA) is 74.7 Å². The summed E-state index contributed by atoms with van der Waals surface area (Å²) in [5.74, 6) is 0. The largest absolute Gasteiger partial charge is 0.595 e. The lowest BCUT2D eigenvalue weighted by Gasteiger charge is -2.15. The van der Waals surface area contributed by atoms with Crippen LogP contribution < -0.4 is 10.9 Å². The number of allylic oxidation sites excluding steroid dienone is 1. The highest BCUT2D eigenvalue weighted by Crippen LogP contribution is 2.22. The van der Waals surface area contributed by atoms with Crippen LogP contribution in [0, 0.1) is 5.21 Å². The Morgan fingerprint density at radius 3 is 2.36 bits per heavy atom. The molecule has 0 aliphatic rings. The van der Waals surface area contributed by atoms with Crippen LogP contribution in [0.1, 0.15) is 6.92 Å². The number of fused-ring (bicyclic) bond motifs is 1. The maximum absolute atomic E-state index is 12.8. The fraction of sp³-hybridized carbons (Fsp3) is 0.0625. The van der Waals surface area contributed by atoms with E-state index in [0.29, 0.717) is 22.4 Å². The standard InChI is InChI=1S/C16H15N3O3/c1-11(2)17-12-7-3-4-8-13(12)18(16(17)20)14-9-5-6-10-15(14)19(21)22/h3-10,19,21H,1H2,2H3. The Morgan fingerprint density at radius 2 is 1.73 bits per heavy atom. The predicted octanol–water partition coefficient (Wildman–Crippen LogP) is 1.69. The van der Waals surface area contributed by atoms with E-state index in [1.807, 2.05) is 18.2 Å². The van der Waals surface area contributed by atoms with Gasteiger partial charge < -0.3 is 5.21 Å². The molecule has 0 bridgehead atoms. The average molecular weight is 297 g/mol. The van der Waals surface area contributed by atoms with Crippen molar-refractivity contribution in [3.8, 4) is 5.69 Å². The molecule has 3 aromatic rings. The molecule has 1 aromatic heterocycles. The maximum Gasteiger partial charge on any atom is 0.338 e. The molecular weight excluding hydrogens is 282 g/mol. The van der Waals surface area contributed by atoms with Gasteiger partial charge in [0.2, 0.25) is 0 Å². The summed E-state index contributed by atoms with van der Waals surface area (Å²) >= 11 is 0. The number of hydrogen-bond acceptors (Lipinski definition) is 3. The Labute approximate surface area is 126 Å². The minimum Gasteiger partial charge on any atom is -0.595 e. The third-order valence-corrected chi connectivity index (χ3v) is 3.50. The molecule has 0 amide bonds. The van der Waals surface area contributed by atoms with Crippen LogP contribution in [-0.2, 0) is 0 Å². The molecule has 22 heavy (non-hydrogen) atoms. The molecule has 0 aliphatic carbocycles. The number of nitrogens with one attached hydrogen (secondary N) is 1. The molecule has 0 aliphatic heterocycles. The third kappa shape index (κ3) is 2.06. The summed E-state index contributed by atoms with van der Waals surface area (Å²) in [5, 5.41) is 19.7. The van der Waals surface area contributed by atoms with Gasteiger partial charge in [-0.15, -0.1) is 0 Å². The smallest absolute Gasteiger partial charge is 0.338 e. The zero-order valence-electron chi connectivity index (χ0n) is 12.0. The van der Waals surface area contributed by atoms with Crippen LogP contribution in [0.2, 0.25) is 0 Å². The second-order valence-corrected chi connectivity index (χ2v) is 5.00. The van der Waals surface area contributed by atoms with Crippen LogP contribution in [0.25, 0.3) is 22.4 Å². The first-order chi connectivity index (χ1) is 10.5. The molecule has 112 valence electrons. The molecule has 1 atom stereocenters. The van der Waals surface area contributed by atoms with E-state index in [1.165, 1.54) is 15.2 Å². The van der Waals surface area contributed by atoms with Crippen molar-refractivity contribution in [3.05, 3.63) is 70.8 Å². The normalized spacial score (nSPS) is 12.5. The van der Waals surface area contributed by atoms with E-state index in [9.17, 15) is 15.2 Å². The number of hydrogen-bond donors (Lipinski definition) is 2. The molecule has 2 N–H and O–H groups in total. The van der Waals surface area contributed by atoms with Crippen molar-refractivity contribution in [2.75, 3.05) is 0 Å². The van der Waals surface area contributed by atoms with Crippen molar-refractivity contribution >= 4 is 22.4 Å². The van der Waals surface area contributed by atoms with E-state index in [1.54, 1.807) is 31.2 Å². The summed E-state index contributed by atoms with van der Waals surface area (Å²) in [6.07, 6.45) is 0. The van der Waals surface area contributed by atoms with Gasteiger partial charge in [-0.25, -0.2) is 10.0 Å². The number of benzene rings is 2. The van der Waals surface area contributed by atoms with Gasteiger partial charge in [0.25, 0.3) is 0 Å². The number of rotatable bonds is 3. The first-order valence-electron chi connectivity index (χ1n) is 6.73. The molecule has 1 unspecified atom stereocenters. The van der Waals surface area contributed by atoms with E-state index in [0.717, 1.165) is 0 Å². The van der Waals surface area contributed by atoms with Gasteiger partial charge in [0.15, 0.2) is 5.69 Å². The van der Waals surface area contributed by atoms with Crippen molar-refractivity contribution < 1.29 is 10.4 Å². The molecule has 2 aromatic carbocycles. The predicted molar refractivity (Wildman–Crippen MR) is 84.3 cm³/mol. The zero-order chi connectivity index (χ0) is 15.9. The highest BCUT2D eigenvalue weighted by atomic mass is 16.8. The molecule has 0 saturated carbocycles. The molecule has 0 fully saturated rings. The third-order valence-electron chi connectivity index (χ3n) is 3.50. The Kier molecular flexibility index (Phi) is 3.42. The summed E-state index contributed by atoms with van der Waals surface area (Å²) < 4.78 is 2.89. The lowest BCUT2D eigenvalue weighted by molar-refractivity contribution is -0.991. The molecule has 3 rings (SSSR count). The highest BCUT2D eigenvalue weighted by Gasteiger charge is 2.19. The van der Waals surface area contributed by atoms with Gasteiger partial charge in [-0.3, -0.25) is 9.13 Å². The van der Waals surface area contributed by atoms with Crippen LogP contribution in [0.3, 0.4) is 0 Å². The lowest BCUT2D eigenvalue weighted by Crippen LogP contribution is -2.99. The molecule has 0 saturated heterocycles. The molecule has 6 nitrogen and oxygen atoms in total. The summed E-state index contributed by atoms with van der Waals surface area (Å²) in [7, 11) is 0. The van der Waals surface area contributed by atoms with Gasteiger partial charge in [0.05, 0.1) is 11.0 Å². The van der Waals surface area contributed by atoms with Gasteiger partial charge >= 0.3 is 5.69 Å². The Hall–Kier alpha value is -2.67. The summed E-state index contributed by atoms with van der Waals surface area (Å²) in [5.41, 5.74) is 2.00. The van der Waals surface area contributed by atoms with E-state index < -0.39 is 5.23 Å². The van der Waals surface area contributed by atoms with Crippen LogP contribution in [-0.4, -0.2) is 14.3 Å². The number of imidazole rings is 1. The molecular formula is C16H15N3O3. The highest BCUT2D eigenvalue weighted by molar-refractivity contribution is 5.82.